The third-order valence-corrected chi connectivity index (χ3v) is 3.05. The zero-order valence-electron chi connectivity index (χ0n) is 11.7. The molecular weight excluding hydrogens is 274 g/mol. The van der Waals surface area contributed by atoms with Crippen LogP contribution < -0.4 is 14.8 Å². The minimum absolute atomic E-state index is 0.491. The molecule has 2 aromatic rings. The first-order valence-electron chi connectivity index (χ1n) is 6.24. The molecule has 0 amide bonds. The number of rotatable bonds is 6. The standard InChI is InChI=1S/C14H17N3O2S/c1-4-15-12-9-13(17-14(16-12)20-3)19-11-8-6-5-7-10(11)18-2/h5-9H,4H2,1-3H3,(H,15,16,17). The molecule has 0 aliphatic rings. The van der Waals surface area contributed by atoms with Gasteiger partial charge in [0, 0.05) is 12.6 Å². The van der Waals surface area contributed by atoms with Gasteiger partial charge in [0.1, 0.15) is 5.82 Å². The molecule has 0 atom stereocenters. The monoisotopic (exact) mass is 291 g/mol. The van der Waals surface area contributed by atoms with Crippen LogP contribution in [0.5, 0.6) is 17.4 Å². The SMILES string of the molecule is CCNc1cc(Oc2ccccc2OC)nc(SC)n1. The van der Waals surface area contributed by atoms with E-state index < -0.39 is 0 Å². The highest BCUT2D eigenvalue weighted by Crippen LogP contribution is 2.31. The Bertz CT molecular complexity index is 578. The van der Waals surface area contributed by atoms with Gasteiger partial charge >= 0.3 is 0 Å². The van der Waals surface area contributed by atoms with Crippen molar-refractivity contribution in [3.05, 3.63) is 30.3 Å². The second-order valence-electron chi connectivity index (χ2n) is 3.86. The van der Waals surface area contributed by atoms with Gasteiger partial charge in [-0.3, -0.25) is 0 Å². The zero-order chi connectivity index (χ0) is 14.4. The lowest BCUT2D eigenvalue weighted by Crippen LogP contribution is -2.02. The van der Waals surface area contributed by atoms with Gasteiger partial charge < -0.3 is 14.8 Å². The maximum Gasteiger partial charge on any atom is 0.225 e. The van der Waals surface area contributed by atoms with E-state index in [1.54, 1.807) is 13.2 Å². The second kappa shape index (κ2) is 7.00. The second-order valence-corrected chi connectivity index (χ2v) is 4.63. The topological polar surface area (TPSA) is 56.3 Å². The molecule has 0 bridgehead atoms. The molecule has 1 aromatic heterocycles. The summed E-state index contributed by atoms with van der Waals surface area (Å²) >= 11 is 1.47. The van der Waals surface area contributed by atoms with E-state index in [2.05, 4.69) is 15.3 Å². The molecule has 0 radical (unpaired) electrons. The van der Waals surface area contributed by atoms with Crippen molar-refractivity contribution in [2.75, 3.05) is 25.2 Å². The van der Waals surface area contributed by atoms with Crippen molar-refractivity contribution in [3.63, 3.8) is 0 Å². The summed E-state index contributed by atoms with van der Waals surface area (Å²) in [6, 6.07) is 9.24. The van der Waals surface area contributed by atoms with Crippen molar-refractivity contribution in [1.29, 1.82) is 0 Å². The molecule has 2 rings (SSSR count). The maximum atomic E-state index is 5.80. The third-order valence-electron chi connectivity index (χ3n) is 2.51. The van der Waals surface area contributed by atoms with Gasteiger partial charge in [-0.25, -0.2) is 4.98 Å². The number of ether oxygens (including phenoxy) is 2. The van der Waals surface area contributed by atoms with Gasteiger partial charge in [0.15, 0.2) is 16.7 Å². The minimum atomic E-state index is 0.491. The van der Waals surface area contributed by atoms with Crippen molar-refractivity contribution in [3.8, 4) is 17.4 Å². The predicted octanol–water partition coefficient (Wildman–Crippen LogP) is 3.43. The molecule has 106 valence electrons. The van der Waals surface area contributed by atoms with Gasteiger partial charge in [-0.2, -0.15) is 4.98 Å². The smallest absolute Gasteiger partial charge is 0.225 e. The van der Waals surface area contributed by atoms with E-state index in [1.807, 2.05) is 37.4 Å². The van der Waals surface area contributed by atoms with Gasteiger partial charge in [-0.15, -0.1) is 0 Å². The Hall–Kier alpha value is -1.95. The van der Waals surface area contributed by atoms with E-state index in [0.717, 1.165) is 12.4 Å². The van der Waals surface area contributed by atoms with Crippen molar-refractivity contribution in [2.24, 2.45) is 0 Å². The summed E-state index contributed by atoms with van der Waals surface area (Å²) in [7, 11) is 1.61. The first-order valence-corrected chi connectivity index (χ1v) is 7.47. The fraction of sp³-hybridized carbons (Fsp3) is 0.286. The number of hydrogen-bond acceptors (Lipinski definition) is 6. The summed E-state index contributed by atoms with van der Waals surface area (Å²) in [5, 5.41) is 3.82. The molecular formula is C14H17N3O2S. The Balaban J connectivity index is 2.30. The molecule has 1 aromatic carbocycles. The molecule has 1 heterocycles. The Morgan fingerprint density at radius 2 is 1.95 bits per heavy atom. The maximum absolute atomic E-state index is 5.80. The van der Waals surface area contributed by atoms with E-state index in [0.29, 0.717) is 22.5 Å². The number of para-hydroxylation sites is 2. The molecule has 0 aliphatic carbocycles. The summed E-state index contributed by atoms with van der Waals surface area (Å²) in [5.74, 6) is 2.53. The molecule has 0 unspecified atom stereocenters. The van der Waals surface area contributed by atoms with Crippen LogP contribution in [0, 0.1) is 0 Å². The van der Waals surface area contributed by atoms with E-state index in [1.165, 1.54) is 11.8 Å². The number of anilines is 1. The van der Waals surface area contributed by atoms with E-state index in [-0.39, 0.29) is 0 Å². The van der Waals surface area contributed by atoms with Crippen LogP contribution in [0.2, 0.25) is 0 Å². The van der Waals surface area contributed by atoms with Gasteiger partial charge in [0.2, 0.25) is 5.88 Å². The molecule has 0 fully saturated rings. The highest BCUT2D eigenvalue weighted by Gasteiger charge is 2.08. The summed E-state index contributed by atoms with van der Waals surface area (Å²) in [6.07, 6.45) is 1.93. The summed E-state index contributed by atoms with van der Waals surface area (Å²) in [6.45, 7) is 2.81. The van der Waals surface area contributed by atoms with Crippen molar-refractivity contribution in [2.45, 2.75) is 12.1 Å². The van der Waals surface area contributed by atoms with Gasteiger partial charge in [0.25, 0.3) is 0 Å². The molecule has 20 heavy (non-hydrogen) atoms. The number of benzene rings is 1. The predicted molar refractivity (Wildman–Crippen MR) is 81.0 cm³/mol. The molecule has 0 spiro atoms. The van der Waals surface area contributed by atoms with Crippen LogP contribution in [0.15, 0.2) is 35.5 Å². The molecule has 0 saturated heterocycles. The highest BCUT2D eigenvalue weighted by molar-refractivity contribution is 7.98. The Morgan fingerprint density at radius 1 is 1.20 bits per heavy atom. The number of hydrogen-bond donors (Lipinski definition) is 1. The van der Waals surface area contributed by atoms with Crippen LogP contribution in [0.4, 0.5) is 5.82 Å². The van der Waals surface area contributed by atoms with Crippen molar-refractivity contribution < 1.29 is 9.47 Å². The number of nitrogens with zero attached hydrogens (tertiary/aromatic N) is 2. The average Bonchev–Trinajstić information content (AvgIpc) is 2.48. The summed E-state index contributed by atoms with van der Waals surface area (Å²) in [4.78, 5) is 8.69. The molecule has 1 N–H and O–H groups in total. The third kappa shape index (κ3) is 3.54. The number of nitrogens with one attached hydrogen (secondary N) is 1. The van der Waals surface area contributed by atoms with Crippen LogP contribution in [0.25, 0.3) is 0 Å². The molecule has 0 saturated carbocycles. The fourth-order valence-corrected chi connectivity index (χ4v) is 2.01. The summed E-state index contributed by atoms with van der Waals surface area (Å²) in [5.41, 5.74) is 0. The first kappa shape index (κ1) is 14.5. The number of thioether (sulfide) groups is 1. The number of methoxy groups -OCH3 is 1. The van der Waals surface area contributed by atoms with Crippen molar-refractivity contribution >= 4 is 17.6 Å². The lowest BCUT2D eigenvalue weighted by molar-refractivity contribution is 0.372. The lowest BCUT2D eigenvalue weighted by Gasteiger charge is -2.11. The molecule has 0 aliphatic heterocycles. The van der Waals surface area contributed by atoms with Gasteiger partial charge in [-0.1, -0.05) is 23.9 Å². The van der Waals surface area contributed by atoms with E-state index in [9.17, 15) is 0 Å². The van der Waals surface area contributed by atoms with Crippen molar-refractivity contribution in [1.82, 2.24) is 9.97 Å². The molecule has 6 heteroatoms. The number of aromatic nitrogens is 2. The normalized spacial score (nSPS) is 10.2. The highest BCUT2D eigenvalue weighted by atomic mass is 32.2. The largest absolute Gasteiger partial charge is 0.493 e. The average molecular weight is 291 g/mol. The Labute approximate surface area is 122 Å². The quantitative estimate of drug-likeness (QED) is 0.650. The van der Waals surface area contributed by atoms with Crippen LogP contribution in [0.1, 0.15) is 6.92 Å². The van der Waals surface area contributed by atoms with Gasteiger partial charge in [0.05, 0.1) is 7.11 Å². The zero-order valence-corrected chi connectivity index (χ0v) is 12.5. The fourth-order valence-electron chi connectivity index (χ4n) is 1.63. The van der Waals surface area contributed by atoms with Crippen LogP contribution >= 0.6 is 11.8 Å². The van der Waals surface area contributed by atoms with Crippen LogP contribution in [0.3, 0.4) is 0 Å². The van der Waals surface area contributed by atoms with E-state index in [4.69, 9.17) is 9.47 Å². The molecule has 5 nitrogen and oxygen atoms in total. The lowest BCUT2D eigenvalue weighted by atomic mass is 10.3. The summed E-state index contributed by atoms with van der Waals surface area (Å²) < 4.78 is 11.1. The van der Waals surface area contributed by atoms with Gasteiger partial charge in [-0.05, 0) is 25.3 Å². The van der Waals surface area contributed by atoms with E-state index >= 15 is 0 Å². The van der Waals surface area contributed by atoms with Crippen LogP contribution in [-0.2, 0) is 0 Å². The minimum Gasteiger partial charge on any atom is -0.493 e. The Kier molecular flexibility index (Phi) is 5.06. The van der Waals surface area contributed by atoms with Crippen LogP contribution in [-0.4, -0.2) is 29.9 Å². The first-order chi connectivity index (χ1) is 9.76. The Morgan fingerprint density at radius 3 is 2.60 bits per heavy atom.